The molecule has 0 aliphatic rings. The first-order valence-electron chi connectivity index (χ1n) is 9.74. The van der Waals surface area contributed by atoms with E-state index in [0.717, 1.165) is 27.8 Å². The van der Waals surface area contributed by atoms with Crippen molar-refractivity contribution in [3.05, 3.63) is 97.4 Å². The zero-order valence-corrected chi connectivity index (χ0v) is 16.8. The Hall–Kier alpha value is -3.66. The van der Waals surface area contributed by atoms with Crippen molar-refractivity contribution in [2.75, 3.05) is 13.7 Å². The van der Waals surface area contributed by atoms with Gasteiger partial charge in [-0.25, -0.2) is 0 Å². The molecule has 0 bridgehead atoms. The second kappa shape index (κ2) is 9.23. The van der Waals surface area contributed by atoms with Crippen LogP contribution in [-0.2, 0) is 6.61 Å². The summed E-state index contributed by atoms with van der Waals surface area (Å²) in [6.07, 6.45) is 0. The summed E-state index contributed by atoms with van der Waals surface area (Å²) in [7, 11) is 1.66. The van der Waals surface area contributed by atoms with Crippen LogP contribution in [0.3, 0.4) is 0 Å². The monoisotopic (exact) mass is 399 g/mol. The number of hydrogen-bond acceptors (Lipinski definition) is 4. The van der Waals surface area contributed by atoms with Crippen LogP contribution in [0.1, 0.15) is 5.56 Å². The molecule has 0 fully saturated rings. The Bertz CT molecular complexity index is 1110. The maximum Gasteiger partial charge on any atom is 0.177 e. The van der Waals surface area contributed by atoms with Gasteiger partial charge in [0.1, 0.15) is 23.9 Å². The zero-order chi connectivity index (χ0) is 20.8. The van der Waals surface area contributed by atoms with Gasteiger partial charge in [0.15, 0.2) is 11.5 Å². The van der Waals surface area contributed by atoms with E-state index in [2.05, 4.69) is 6.92 Å². The molecule has 0 spiro atoms. The third-order valence-corrected chi connectivity index (χ3v) is 4.69. The van der Waals surface area contributed by atoms with Crippen molar-refractivity contribution in [2.24, 2.45) is 0 Å². The summed E-state index contributed by atoms with van der Waals surface area (Å²) in [6, 6.07) is 27.3. The van der Waals surface area contributed by atoms with E-state index in [0.29, 0.717) is 30.5 Å². The number of rotatable bonds is 8. The minimum atomic E-state index is 0.378. The second-order valence-electron chi connectivity index (χ2n) is 6.68. The lowest BCUT2D eigenvalue weighted by Crippen LogP contribution is -1.98. The number of ether oxygens (including phenoxy) is 4. The second-order valence-corrected chi connectivity index (χ2v) is 6.68. The Kier molecular flexibility index (Phi) is 6.04. The molecule has 0 N–H and O–H groups in total. The summed E-state index contributed by atoms with van der Waals surface area (Å²) >= 11 is 0. The minimum Gasteiger partial charge on any atom is -0.497 e. The van der Waals surface area contributed by atoms with Crippen molar-refractivity contribution in [3.63, 3.8) is 0 Å². The van der Waals surface area contributed by atoms with Crippen LogP contribution in [0, 0.1) is 6.92 Å². The molecule has 0 amide bonds. The van der Waals surface area contributed by atoms with Crippen molar-refractivity contribution in [1.82, 2.24) is 0 Å². The van der Waals surface area contributed by atoms with Gasteiger partial charge in [0.25, 0.3) is 0 Å². The van der Waals surface area contributed by atoms with Gasteiger partial charge in [-0.1, -0.05) is 36.4 Å². The normalized spacial score (nSPS) is 10.6. The SMILES string of the molecule is [CH2]COc1ccc(Oc2c(OCc3ccccc3)ccc3cc(OC)ccc23)cc1. The van der Waals surface area contributed by atoms with E-state index >= 15 is 0 Å². The van der Waals surface area contributed by atoms with E-state index < -0.39 is 0 Å². The fourth-order valence-corrected chi connectivity index (χ4v) is 3.18. The first-order valence-corrected chi connectivity index (χ1v) is 9.74. The fourth-order valence-electron chi connectivity index (χ4n) is 3.18. The first-order chi connectivity index (χ1) is 14.8. The number of benzene rings is 4. The molecule has 4 heteroatoms. The van der Waals surface area contributed by atoms with Crippen molar-refractivity contribution in [2.45, 2.75) is 6.61 Å². The van der Waals surface area contributed by atoms with Gasteiger partial charge in [-0.3, -0.25) is 0 Å². The molecule has 0 heterocycles. The first kappa shape index (κ1) is 19.6. The summed E-state index contributed by atoms with van der Waals surface area (Å²) < 4.78 is 23.2. The van der Waals surface area contributed by atoms with Gasteiger partial charge in [-0.05, 0) is 66.4 Å². The lowest BCUT2D eigenvalue weighted by Gasteiger charge is -2.16. The number of methoxy groups -OCH3 is 1. The van der Waals surface area contributed by atoms with E-state index in [9.17, 15) is 0 Å². The highest BCUT2D eigenvalue weighted by atomic mass is 16.5. The van der Waals surface area contributed by atoms with Gasteiger partial charge in [0, 0.05) is 5.39 Å². The maximum atomic E-state index is 6.28. The molecule has 0 aromatic heterocycles. The van der Waals surface area contributed by atoms with Crippen LogP contribution in [0.25, 0.3) is 10.8 Å². The van der Waals surface area contributed by atoms with Crippen LogP contribution in [0.15, 0.2) is 84.9 Å². The highest BCUT2D eigenvalue weighted by Crippen LogP contribution is 2.40. The Morgan fingerprint density at radius 3 is 2.20 bits per heavy atom. The molecule has 4 aromatic rings. The molecule has 0 saturated heterocycles. The summed E-state index contributed by atoms with van der Waals surface area (Å²) in [5.74, 6) is 3.58. The Morgan fingerprint density at radius 2 is 1.47 bits per heavy atom. The maximum absolute atomic E-state index is 6.28. The van der Waals surface area contributed by atoms with E-state index in [4.69, 9.17) is 18.9 Å². The standard InChI is InChI=1S/C26H23O4/c1-3-28-21-10-12-22(13-11-21)30-26-24-15-14-23(27-2)17-20(24)9-16-25(26)29-18-19-7-5-4-6-8-19/h4-17H,1,3,18H2,2H3. The number of fused-ring (bicyclic) bond motifs is 1. The molecule has 4 nitrogen and oxygen atoms in total. The highest BCUT2D eigenvalue weighted by molar-refractivity contribution is 5.92. The molecule has 0 unspecified atom stereocenters. The average molecular weight is 399 g/mol. The van der Waals surface area contributed by atoms with E-state index in [1.165, 1.54) is 0 Å². The van der Waals surface area contributed by atoms with Crippen molar-refractivity contribution >= 4 is 10.8 Å². The van der Waals surface area contributed by atoms with E-state index in [-0.39, 0.29) is 0 Å². The van der Waals surface area contributed by atoms with Crippen molar-refractivity contribution in [3.8, 4) is 28.7 Å². The quantitative estimate of drug-likeness (QED) is 0.342. The molecule has 151 valence electrons. The van der Waals surface area contributed by atoms with Crippen molar-refractivity contribution < 1.29 is 18.9 Å². The van der Waals surface area contributed by atoms with E-state index in [1.807, 2.05) is 84.9 Å². The molecule has 4 rings (SSSR count). The van der Waals surface area contributed by atoms with Crippen LogP contribution < -0.4 is 18.9 Å². The van der Waals surface area contributed by atoms with Gasteiger partial charge in [0.05, 0.1) is 13.7 Å². The zero-order valence-electron chi connectivity index (χ0n) is 16.8. The van der Waals surface area contributed by atoms with Crippen LogP contribution in [0.4, 0.5) is 0 Å². The van der Waals surface area contributed by atoms with Crippen LogP contribution in [0.5, 0.6) is 28.7 Å². The predicted octanol–water partition coefficient (Wildman–Crippen LogP) is 6.43. The van der Waals surface area contributed by atoms with Gasteiger partial charge in [0.2, 0.25) is 0 Å². The molecule has 30 heavy (non-hydrogen) atoms. The summed E-state index contributed by atoms with van der Waals surface area (Å²) in [4.78, 5) is 0. The van der Waals surface area contributed by atoms with Gasteiger partial charge in [-0.2, -0.15) is 0 Å². The average Bonchev–Trinajstić information content (AvgIpc) is 2.80. The van der Waals surface area contributed by atoms with Gasteiger partial charge in [-0.15, -0.1) is 0 Å². The molecule has 0 atom stereocenters. The Labute approximate surface area is 176 Å². The summed E-state index contributed by atoms with van der Waals surface area (Å²) in [5.41, 5.74) is 1.09. The topological polar surface area (TPSA) is 36.9 Å². The summed E-state index contributed by atoms with van der Waals surface area (Å²) in [5, 5.41) is 1.95. The van der Waals surface area contributed by atoms with Crippen LogP contribution in [0.2, 0.25) is 0 Å². The summed E-state index contributed by atoms with van der Waals surface area (Å²) in [6.45, 7) is 4.53. The predicted molar refractivity (Wildman–Crippen MR) is 119 cm³/mol. The third kappa shape index (κ3) is 4.49. The largest absolute Gasteiger partial charge is 0.497 e. The van der Waals surface area contributed by atoms with Crippen molar-refractivity contribution in [1.29, 1.82) is 0 Å². The molecule has 0 aliphatic carbocycles. The fraction of sp³-hybridized carbons (Fsp3) is 0.115. The molecule has 0 saturated carbocycles. The van der Waals surface area contributed by atoms with Gasteiger partial charge < -0.3 is 18.9 Å². The molecular weight excluding hydrogens is 376 g/mol. The smallest absolute Gasteiger partial charge is 0.177 e. The lowest BCUT2D eigenvalue weighted by atomic mass is 10.1. The minimum absolute atomic E-state index is 0.378. The van der Waals surface area contributed by atoms with Gasteiger partial charge >= 0.3 is 0 Å². The molecule has 4 aromatic carbocycles. The lowest BCUT2D eigenvalue weighted by molar-refractivity contribution is 0.292. The molecule has 1 radical (unpaired) electrons. The Balaban J connectivity index is 1.68. The Morgan fingerprint density at radius 1 is 0.733 bits per heavy atom. The molecule has 0 aliphatic heterocycles. The third-order valence-electron chi connectivity index (χ3n) is 4.69. The highest BCUT2D eigenvalue weighted by Gasteiger charge is 2.13. The molecular formula is C26H23O4. The van der Waals surface area contributed by atoms with E-state index in [1.54, 1.807) is 7.11 Å². The number of hydrogen-bond donors (Lipinski definition) is 0. The van der Waals surface area contributed by atoms with Crippen LogP contribution >= 0.6 is 0 Å². The van der Waals surface area contributed by atoms with Crippen LogP contribution in [-0.4, -0.2) is 13.7 Å².